The van der Waals surface area contributed by atoms with Gasteiger partial charge < -0.3 is 4.90 Å². The molecule has 27 heavy (non-hydrogen) atoms. The molecule has 1 aromatic heterocycles. The predicted molar refractivity (Wildman–Crippen MR) is 120 cm³/mol. The van der Waals surface area contributed by atoms with E-state index in [2.05, 4.69) is 39.0 Å². The van der Waals surface area contributed by atoms with E-state index in [1.807, 2.05) is 49.3 Å². The molecule has 0 aliphatic carbocycles. The molecule has 0 fully saturated rings. The fraction of sp³-hybridized carbons (Fsp3) is 0.300. The summed E-state index contributed by atoms with van der Waals surface area (Å²) in [5, 5.41) is 0.777. The summed E-state index contributed by atoms with van der Waals surface area (Å²) in [7, 11) is 4.03. The van der Waals surface area contributed by atoms with Crippen molar-refractivity contribution in [3.05, 3.63) is 53.0 Å². The van der Waals surface area contributed by atoms with Crippen LogP contribution < -0.4 is 4.90 Å². The van der Waals surface area contributed by atoms with Gasteiger partial charge in [-0.1, -0.05) is 45.5 Å². The largest absolute Gasteiger partial charge is 0.308 e. The number of fused-ring (bicyclic) bond motifs is 1. The molecule has 1 heterocycles. The van der Waals surface area contributed by atoms with Crippen molar-refractivity contribution in [3.63, 3.8) is 0 Å². The number of carbonyl (C=O) groups is 1. The minimum atomic E-state index is 0.124. The van der Waals surface area contributed by atoms with Gasteiger partial charge in [-0.05, 0) is 44.4 Å². The molecule has 0 spiro atoms. The standard InChI is InChI=1S/C20H22BrN3OS2/c1-23(2)11-12-24(19(25)10-13-26-16-6-4-3-5-7-16)20-22-17-9-8-15(21)14-18(17)27-20/h3-9,14H,10-13H2,1-2H3. The van der Waals surface area contributed by atoms with E-state index in [0.29, 0.717) is 13.0 Å². The maximum atomic E-state index is 12.9. The Labute approximate surface area is 176 Å². The Bertz CT molecular complexity index is 899. The molecule has 0 saturated heterocycles. The number of aromatic nitrogens is 1. The first-order chi connectivity index (χ1) is 13.0. The Morgan fingerprint density at radius 1 is 1.15 bits per heavy atom. The molecule has 0 atom stereocenters. The van der Waals surface area contributed by atoms with E-state index in [9.17, 15) is 4.79 Å². The highest BCUT2D eigenvalue weighted by Crippen LogP contribution is 2.31. The number of carbonyl (C=O) groups excluding carboxylic acids is 1. The number of benzene rings is 2. The first-order valence-electron chi connectivity index (χ1n) is 8.72. The van der Waals surface area contributed by atoms with Crippen LogP contribution >= 0.6 is 39.0 Å². The first kappa shape index (κ1) is 20.3. The molecule has 3 rings (SSSR count). The second-order valence-electron chi connectivity index (χ2n) is 6.37. The monoisotopic (exact) mass is 463 g/mol. The van der Waals surface area contributed by atoms with Crippen molar-refractivity contribution < 1.29 is 4.79 Å². The van der Waals surface area contributed by atoms with Gasteiger partial charge in [-0.2, -0.15) is 0 Å². The van der Waals surface area contributed by atoms with Crippen LogP contribution in [0.15, 0.2) is 57.9 Å². The summed E-state index contributed by atoms with van der Waals surface area (Å²) in [6, 6.07) is 16.2. The van der Waals surface area contributed by atoms with Crippen molar-refractivity contribution in [1.29, 1.82) is 0 Å². The zero-order valence-corrected chi connectivity index (χ0v) is 18.6. The summed E-state index contributed by atoms with van der Waals surface area (Å²) < 4.78 is 2.11. The van der Waals surface area contributed by atoms with Crippen molar-refractivity contribution in [3.8, 4) is 0 Å². The van der Waals surface area contributed by atoms with Crippen molar-refractivity contribution in [1.82, 2.24) is 9.88 Å². The summed E-state index contributed by atoms with van der Waals surface area (Å²) in [4.78, 5) is 22.8. The van der Waals surface area contributed by atoms with E-state index in [1.165, 1.54) is 4.90 Å². The van der Waals surface area contributed by atoms with Crippen LogP contribution in [0.4, 0.5) is 5.13 Å². The summed E-state index contributed by atoms with van der Waals surface area (Å²) in [6.07, 6.45) is 0.493. The molecular weight excluding hydrogens is 442 g/mol. The normalized spacial score (nSPS) is 11.3. The van der Waals surface area contributed by atoms with E-state index in [4.69, 9.17) is 4.98 Å². The molecule has 3 aromatic rings. The number of anilines is 1. The summed E-state index contributed by atoms with van der Waals surface area (Å²) in [5.74, 6) is 0.885. The van der Waals surface area contributed by atoms with Gasteiger partial charge in [0.25, 0.3) is 0 Å². The fourth-order valence-corrected chi connectivity index (χ4v) is 4.96. The second-order valence-corrected chi connectivity index (χ2v) is 9.46. The molecule has 1 amide bonds. The van der Waals surface area contributed by atoms with Crippen LogP contribution in [0.2, 0.25) is 0 Å². The maximum Gasteiger partial charge on any atom is 0.229 e. The number of likely N-dealkylation sites (N-methyl/N-ethyl adjacent to an activating group) is 1. The number of thioether (sulfide) groups is 1. The first-order valence-corrected chi connectivity index (χ1v) is 11.3. The van der Waals surface area contributed by atoms with Gasteiger partial charge in [0.05, 0.1) is 10.2 Å². The topological polar surface area (TPSA) is 36.4 Å². The molecule has 0 N–H and O–H groups in total. The van der Waals surface area contributed by atoms with Gasteiger partial charge >= 0.3 is 0 Å². The molecule has 0 unspecified atom stereocenters. The Morgan fingerprint density at radius 2 is 1.93 bits per heavy atom. The third-order valence-corrected chi connectivity index (χ3v) is 6.52. The smallest absolute Gasteiger partial charge is 0.229 e. The van der Waals surface area contributed by atoms with Crippen LogP contribution in [0.1, 0.15) is 6.42 Å². The predicted octanol–water partition coefficient (Wildman–Crippen LogP) is 5.14. The zero-order valence-electron chi connectivity index (χ0n) is 15.4. The number of amides is 1. The Hall–Kier alpha value is -1.41. The average Bonchev–Trinajstić information content (AvgIpc) is 3.05. The number of rotatable bonds is 8. The molecule has 7 heteroatoms. The summed E-state index contributed by atoms with van der Waals surface area (Å²) in [6.45, 7) is 1.44. The minimum absolute atomic E-state index is 0.124. The molecule has 2 aromatic carbocycles. The number of hydrogen-bond donors (Lipinski definition) is 0. The van der Waals surface area contributed by atoms with E-state index in [-0.39, 0.29) is 5.91 Å². The number of thiazole rings is 1. The van der Waals surface area contributed by atoms with Gasteiger partial charge in [-0.15, -0.1) is 11.8 Å². The van der Waals surface area contributed by atoms with Crippen LogP contribution in [-0.2, 0) is 4.79 Å². The van der Waals surface area contributed by atoms with Gasteiger partial charge in [0.15, 0.2) is 5.13 Å². The lowest BCUT2D eigenvalue weighted by atomic mass is 10.3. The van der Waals surface area contributed by atoms with Gasteiger partial charge in [0.1, 0.15) is 0 Å². The van der Waals surface area contributed by atoms with Crippen molar-refractivity contribution >= 4 is 60.3 Å². The Balaban J connectivity index is 1.71. The van der Waals surface area contributed by atoms with E-state index >= 15 is 0 Å². The number of halogens is 1. The zero-order chi connectivity index (χ0) is 19.2. The summed E-state index contributed by atoms with van der Waals surface area (Å²) in [5.41, 5.74) is 0.930. The summed E-state index contributed by atoms with van der Waals surface area (Å²) >= 11 is 6.78. The Morgan fingerprint density at radius 3 is 2.67 bits per heavy atom. The number of nitrogens with zero attached hydrogens (tertiary/aromatic N) is 3. The van der Waals surface area contributed by atoms with E-state index < -0.39 is 0 Å². The van der Waals surface area contributed by atoms with Crippen molar-refractivity contribution in [2.24, 2.45) is 0 Å². The highest BCUT2D eigenvalue weighted by molar-refractivity contribution is 9.10. The van der Waals surface area contributed by atoms with Crippen molar-refractivity contribution in [2.75, 3.05) is 37.8 Å². The van der Waals surface area contributed by atoms with Crippen LogP contribution in [0.3, 0.4) is 0 Å². The van der Waals surface area contributed by atoms with Crippen LogP contribution in [-0.4, -0.2) is 48.7 Å². The van der Waals surface area contributed by atoms with Gasteiger partial charge in [-0.25, -0.2) is 4.98 Å². The molecule has 0 radical (unpaired) electrons. The van der Waals surface area contributed by atoms with Crippen LogP contribution in [0.5, 0.6) is 0 Å². The SMILES string of the molecule is CN(C)CCN(C(=O)CCSc1ccccc1)c1nc2ccc(Br)cc2s1. The minimum Gasteiger partial charge on any atom is -0.308 e. The second kappa shape index (κ2) is 9.68. The number of hydrogen-bond acceptors (Lipinski definition) is 5. The lowest BCUT2D eigenvalue weighted by Gasteiger charge is -2.22. The highest BCUT2D eigenvalue weighted by atomic mass is 79.9. The average molecular weight is 464 g/mol. The molecule has 0 aliphatic rings. The molecule has 0 saturated carbocycles. The third-order valence-electron chi connectivity index (χ3n) is 3.97. The lowest BCUT2D eigenvalue weighted by Crippen LogP contribution is -2.36. The lowest BCUT2D eigenvalue weighted by molar-refractivity contribution is -0.118. The van der Waals surface area contributed by atoms with E-state index in [0.717, 1.165) is 32.1 Å². The van der Waals surface area contributed by atoms with Crippen LogP contribution in [0.25, 0.3) is 10.2 Å². The maximum absolute atomic E-state index is 12.9. The van der Waals surface area contributed by atoms with Gasteiger partial charge in [0, 0.05) is 34.6 Å². The molecule has 0 bridgehead atoms. The molecular formula is C20H22BrN3OS2. The fourth-order valence-electron chi connectivity index (χ4n) is 2.54. The molecule has 0 aliphatic heterocycles. The highest BCUT2D eigenvalue weighted by Gasteiger charge is 2.19. The molecule has 4 nitrogen and oxygen atoms in total. The van der Waals surface area contributed by atoms with E-state index in [1.54, 1.807) is 23.1 Å². The van der Waals surface area contributed by atoms with Gasteiger partial charge in [-0.3, -0.25) is 9.69 Å². The van der Waals surface area contributed by atoms with Crippen molar-refractivity contribution in [2.45, 2.75) is 11.3 Å². The molecule has 142 valence electrons. The Kier molecular flexibility index (Phi) is 7.29. The van der Waals surface area contributed by atoms with Crippen LogP contribution in [0, 0.1) is 0 Å². The third kappa shape index (κ3) is 5.78. The quantitative estimate of drug-likeness (QED) is 0.433. The van der Waals surface area contributed by atoms with Gasteiger partial charge in [0.2, 0.25) is 5.91 Å².